The number of hydrogen-bond acceptors (Lipinski definition) is 7. The average Bonchev–Trinajstić information content (AvgIpc) is 2.93. The Morgan fingerprint density at radius 3 is 2.52 bits per heavy atom. The molecule has 0 spiro atoms. The van der Waals surface area contributed by atoms with Crippen molar-refractivity contribution in [1.82, 2.24) is 9.66 Å². The smallest absolute Gasteiger partial charge is 0.346 e. The van der Waals surface area contributed by atoms with Crippen LogP contribution in [0.1, 0.15) is 50.3 Å². The third-order valence-electron chi connectivity index (χ3n) is 6.39. The lowest BCUT2D eigenvalue weighted by molar-refractivity contribution is -0.147. The van der Waals surface area contributed by atoms with Gasteiger partial charge in [0, 0.05) is 5.56 Å². The predicted molar refractivity (Wildman–Crippen MR) is 161 cm³/mol. The van der Waals surface area contributed by atoms with Gasteiger partial charge in [-0.15, -0.1) is 0 Å². The minimum absolute atomic E-state index is 0.199. The number of carbonyl (C=O) groups is 1. The molecule has 0 bridgehead atoms. The van der Waals surface area contributed by atoms with Gasteiger partial charge in [-0.25, -0.2) is 9.78 Å². The van der Waals surface area contributed by atoms with Crippen molar-refractivity contribution in [2.45, 2.75) is 46.6 Å². The molecule has 8 nitrogen and oxygen atoms in total. The number of methoxy groups -OCH3 is 1. The van der Waals surface area contributed by atoms with Gasteiger partial charge in [0.25, 0.3) is 5.56 Å². The van der Waals surface area contributed by atoms with Gasteiger partial charge in [-0.1, -0.05) is 26.0 Å². The molecule has 0 saturated heterocycles. The summed E-state index contributed by atoms with van der Waals surface area (Å²) in [5, 5.41) is 5.07. The molecular weight excluding hydrogens is 574 g/mol. The van der Waals surface area contributed by atoms with E-state index in [4.69, 9.17) is 19.2 Å². The van der Waals surface area contributed by atoms with Crippen LogP contribution < -0.4 is 15.0 Å². The summed E-state index contributed by atoms with van der Waals surface area (Å²) in [6, 6.07) is 16.6. The first-order valence-corrected chi connectivity index (χ1v) is 13.8. The van der Waals surface area contributed by atoms with Gasteiger partial charge in [-0.3, -0.25) is 4.79 Å². The van der Waals surface area contributed by atoms with E-state index in [1.165, 1.54) is 11.8 Å². The summed E-state index contributed by atoms with van der Waals surface area (Å²) in [7, 11) is 1.31. The summed E-state index contributed by atoms with van der Waals surface area (Å²) in [6.45, 7) is 10.3. The van der Waals surface area contributed by atoms with E-state index in [9.17, 15) is 9.59 Å². The van der Waals surface area contributed by atoms with Gasteiger partial charge in [0.15, 0.2) is 11.9 Å². The second-order valence-corrected chi connectivity index (χ2v) is 10.4. The van der Waals surface area contributed by atoms with E-state index in [1.807, 2.05) is 44.2 Å². The summed E-state index contributed by atoms with van der Waals surface area (Å²) in [4.78, 5) is 30.3. The van der Waals surface area contributed by atoms with Crippen LogP contribution in [-0.4, -0.2) is 41.7 Å². The van der Waals surface area contributed by atoms with Crippen LogP contribution in [-0.2, 0) is 9.53 Å². The van der Waals surface area contributed by atoms with Crippen molar-refractivity contribution < 1.29 is 19.0 Å². The van der Waals surface area contributed by atoms with Gasteiger partial charge < -0.3 is 14.2 Å². The number of para-hydroxylation sites is 1. The minimum atomic E-state index is -0.765. The molecule has 1 atom stereocenters. The summed E-state index contributed by atoms with van der Waals surface area (Å²) in [6.07, 6.45) is 0.825. The first-order chi connectivity index (χ1) is 19.1. The number of halogens is 1. The van der Waals surface area contributed by atoms with E-state index in [2.05, 4.69) is 34.9 Å². The number of hydrogen-bond donors (Lipinski definition) is 0. The Morgan fingerprint density at radius 2 is 1.85 bits per heavy atom. The zero-order valence-corrected chi connectivity index (χ0v) is 25.0. The number of rotatable bonds is 9. The van der Waals surface area contributed by atoms with E-state index in [0.717, 1.165) is 22.4 Å². The van der Waals surface area contributed by atoms with Crippen LogP contribution in [0.25, 0.3) is 22.3 Å². The fourth-order valence-electron chi connectivity index (χ4n) is 4.30. The lowest BCUT2D eigenvalue weighted by Gasteiger charge is -2.18. The molecule has 3 aromatic carbocycles. The molecule has 4 aromatic rings. The van der Waals surface area contributed by atoms with E-state index in [1.54, 1.807) is 37.4 Å². The Labute approximate surface area is 241 Å². The van der Waals surface area contributed by atoms with Crippen LogP contribution in [0.4, 0.5) is 0 Å². The molecule has 1 heterocycles. The topological polar surface area (TPSA) is 92.0 Å². The highest BCUT2D eigenvalue weighted by atomic mass is 79.9. The Bertz CT molecular complexity index is 1640. The summed E-state index contributed by atoms with van der Waals surface area (Å²) in [5.41, 5.74) is 3.78. The second-order valence-electron chi connectivity index (χ2n) is 9.58. The van der Waals surface area contributed by atoms with Gasteiger partial charge in [0.1, 0.15) is 11.5 Å². The van der Waals surface area contributed by atoms with Crippen molar-refractivity contribution in [2.24, 2.45) is 5.10 Å². The third-order valence-corrected chi connectivity index (χ3v) is 7.01. The monoisotopic (exact) mass is 605 g/mol. The summed E-state index contributed by atoms with van der Waals surface area (Å²) in [5.74, 6) is 1.47. The van der Waals surface area contributed by atoms with E-state index in [0.29, 0.717) is 39.1 Å². The molecule has 0 saturated carbocycles. The maximum absolute atomic E-state index is 13.7. The number of aromatic nitrogens is 2. The molecule has 0 N–H and O–H groups in total. The van der Waals surface area contributed by atoms with Gasteiger partial charge in [0.05, 0.1) is 35.3 Å². The van der Waals surface area contributed by atoms with Crippen molar-refractivity contribution in [2.75, 3.05) is 13.7 Å². The van der Waals surface area contributed by atoms with Crippen LogP contribution in [0.3, 0.4) is 0 Å². The van der Waals surface area contributed by atoms with Crippen LogP contribution in [0, 0.1) is 6.92 Å². The number of esters is 1. The van der Waals surface area contributed by atoms with E-state index >= 15 is 0 Å². The molecule has 9 heteroatoms. The Morgan fingerprint density at radius 1 is 1.10 bits per heavy atom. The number of aryl methyl sites for hydroxylation is 1. The van der Waals surface area contributed by atoms with E-state index in [-0.39, 0.29) is 11.5 Å². The number of fused-ring (bicyclic) bond motifs is 1. The van der Waals surface area contributed by atoms with Gasteiger partial charge >= 0.3 is 5.97 Å². The number of ether oxygens (including phenoxy) is 3. The maximum atomic E-state index is 13.7. The first-order valence-electron chi connectivity index (χ1n) is 13.0. The van der Waals surface area contributed by atoms with Crippen molar-refractivity contribution in [1.29, 1.82) is 0 Å². The Balaban J connectivity index is 1.82. The Kier molecular flexibility index (Phi) is 9.04. The highest BCUT2D eigenvalue weighted by Gasteiger charge is 2.19. The summed E-state index contributed by atoms with van der Waals surface area (Å²) < 4.78 is 18.3. The molecule has 40 heavy (non-hydrogen) atoms. The summed E-state index contributed by atoms with van der Waals surface area (Å²) >= 11 is 3.49. The molecule has 4 rings (SSSR count). The van der Waals surface area contributed by atoms with Crippen molar-refractivity contribution in [3.63, 3.8) is 0 Å². The SMILES string of the molecule is CCOc1cc(C)c(-c2nc3ccccc3c(=O)n2N=Cc2ccc(O[C@@H](C)C(=O)OC)c(Br)c2)cc1C(C)C. The van der Waals surface area contributed by atoms with E-state index < -0.39 is 12.1 Å². The van der Waals surface area contributed by atoms with Crippen molar-refractivity contribution >= 4 is 39.0 Å². The molecule has 0 aliphatic carbocycles. The fraction of sp³-hybridized carbons (Fsp3) is 0.290. The fourth-order valence-corrected chi connectivity index (χ4v) is 4.79. The molecule has 0 fully saturated rings. The minimum Gasteiger partial charge on any atom is -0.494 e. The molecule has 1 aromatic heterocycles. The number of benzene rings is 3. The molecule has 0 aliphatic heterocycles. The molecule has 0 unspecified atom stereocenters. The lowest BCUT2D eigenvalue weighted by atomic mass is 9.96. The van der Waals surface area contributed by atoms with Crippen LogP contribution >= 0.6 is 15.9 Å². The zero-order valence-electron chi connectivity index (χ0n) is 23.4. The quantitative estimate of drug-likeness (QED) is 0.160. The molecular formula is C31H32BrN3O5. The standard InChI is InChI=1S/C31H32BrN3O5/c1-7-39-28-14-19(4)24(16-23(28)18(2)3)29-34-26-11-9-8-10-22(26)30(36)35(29)33-17-21-12-13-27(25(32)15-21)40-20(5)31(37)38-6/h8-18,20H,7H2,1-6H3/t20-/m0/s1. The van der Waals surface area contributed by atoms with Gasteiger partial charge in [-0.05, 0) is 102 Å². The Hall–Kier alpha value is -3.98. The lowest BCUT2D eigenvalue weighted by Crippen LogP contribution is -2.25. The number of carbonyl (C=O) groups excluding carboxylic acids is 1. The van der Waals surface area contributed by atoms with Crippen molar-refractivity contribution in [3.8, 4) is 22.9 Å². The average molecular weight is 607 g/mol. The van der Waals surface area contributed by atoms with Gasteiger partial charge in [-0.2, -0.15) is 9.78 Å². The van der Waals surface area contributed by atoms with Gasteiger partial charge in [0.2, 0.25) is 0 Å². The molecule has 0 amide bonds. The first kappa shape index (κ1) is 29.0. The normalized spacial score (nSPS) is 12.2. The van der Waals surface area contributed by atoms with Crippen LogP contribution in [0.15, 0.2) is 69.0 Å². The largest absolute Gasteiger partial charge is 0.494 e. The van der Waals surface area contributed by atoms with Crippen LogP contribution in [0.2, 0.25) is 0 Å². The second kappa shape index (κ2) is 12.5. The molecule has 208 valence electrons. The van der Waals surface area contributed by atoms with Crippen molar-refractivity contribution in [3.05, 3.63) is 86.1 Å². The highest BCUT2D eigenvalue weighted by molar-refractivity contribution is 9.10. The maximum Gasteiger partial charge on any atom is 0.346 e. The molecule has 0 radical (unpaired) electrons. The zero-order chi connectivity index (χ0) is 29.0. The predicted octanol–water partition coefficient (Wildman–Crippen LogP) is 6.48. The van der Waals surface area contributed by atoms with Crippen LogP contribution in [0.5, 0.6) is 11.5 Å². The third kappa shape index (κ3) is 6.09. The number of nitrogens with zero attached hydrogens (tertiary/aromatic N) is 3. The molecule has 0 aliphatic rings. The highest BCUT2D eigenvalue weighted by Crippen LogP contribution is 2.34.